The van der Waals surface area contributed by atoms with E-state index in [1.165, 1.54) is 69.5 Å². The number of nitrogens with one attached hydrogen (secondary N) is 1. The summed E-state index contributed by atoms with van der Waals surface area (Å²) in [5, 5.41) is 3.48. The minimum absolute atomic E-state index is 0.562. The fourth-order valence-corrected chi connectivity index (χ4v) is 4.16. The van der Waals surface area contributed by atoms with E-state index in [1.54, 1.807) is 5.56 Å². The Morgan fingerprint density at radius 3 is 2.30 bits per heavy atom. The van der Waals surface area contributed by atoms with E-state index in [0.717, 1.165) is 13.1 Å². The molecule has 0 saturated carbocycles. The van der Waals surface area contributed by atoms with Crippen molar-refractivity contribution in [3.8, 4) is 0 Å². The highest BCUT2D eigenvalue weighted by molar-refractivity contribution is 5.33. The Labute approximate surface area is 142 Å². The van der Waals surface area contributed by atoms with Gasteiger partial charge in [-0.2, -0.15) is 0 Å². The van der Waals surface area contributed by atoms with Crippen LogP contribution < -0.4 is 5.32 Å². The van der Waals surface area contributed by atoms with Gasteiger partial charge in [-0.05, 0) is 50.9 Å². The van der Waals surface area contributed by atoms with Crippen LogP contribution >= 0.6 is 0 Å². The molecule has 1 aromatic rings. The highest BCUT2D eigenvalue weighted by Gasteiger charge is 2.25. The number of piperazine rings is 1. The van der Waals surface area contributed by atoms with Crippen molar-refractivity contribution in [2.45, 2.75) is 45.6 Å². The quantitative estimate of drug-likeness (QED) is 0.921. The second-order valence-corrected chi connectivity index (χ2v) is 7.38. The smallest absolute Gasteiger partial charge is 0.0477 e. The average Bonchev–Trinajstić information content (AvgIpc) is 2.83. The highest BCUT2D eigenvalue weighted by atomic mass is 15.2. The maximum Gasteiger partial charge on any atom is 0.0477 e. The molecule has 2 saturated heterocycles. The van der Waals surface area contributed by atoms with E-state index < -0.39 is 0 Å². The minimum Gasteiger partial charge on any atom is -0.314 e. The fraction of sp³-hybridized carbons (Fsp3) is 0.700. The summed E-state index contributed by atoms with van der Waals surface area (Å²) >= 11 is 0. The van der Waals surface area contributed by atoms with E-state index in [2.05, 4.69) is 47.2 Å². The third-order valence-corrected chi connectivity index (χ3v) is 5.51. The van der Waals surface area contributed by atoms with Crippen LogP contribution in [0.25, 0.3) is 0 Å². The molecule has 128 valence electrons. The molecule has 0 bridgehead atoms. The summed E-state index contributed by atoms with van der Waals surface area (Å²) in [5.74, 6) is 0. The summed E-state index contributed by atoms with van der Waals surface area (Å²) in [6.07, 6.45) is 5.54. The third-order valence-electron chi connectivity index (χ3n) is 5.51. The molecular formula is C20H33N3. The zero-order chi connectivity index (χ0) is 16.1. The van der Waals surface area contributed by atoms with Crippen molar-refractivity contribution in [3.05, 3.63) is 34.9 Å². The molecule has 3 heteroatoms. The summed E-state index contributed by atoms with van der Waals surface area (Å²) in [5.41, 5.74) is 4.40. The first-order chi connectivity index (χ1) is 11.2. The molecule has 0 spiro atoms. The summed E-state index contributed by atoms with van der Waals surface area (Å²) in [6, 6.07) is 7.61. The van der Waals surface area contributed by atoms with Crippen molar-refractivity contribution in [1.29, 1.82) is 0 Å². The first-order valence-corrected chi connectivity index (χ1v) is 9.48. The minimum atomic E-state index is 0.562. The largest absolute Gasteiger partial charge is 0.314 e. The van der Waals surface area contributed by atoms with Crippen LogP contribution in [0.1, 0.15) is 48.4 Å². The lowest BCUT2D eigenvalue weighted by Gasteiger charge is -2.37. The van der Waals surface area contributed by atoms with Gasteiger partial charge in [0.15, 0.2) is 0 Å². The van der Waals surface area contributed by atoms with E-state index >= 15 is 0 Å². The first kappa shape index (κ1) is 16.9. The second-order valence-electron chi connectivity index (χ2n) is 7.38. The van der Waals surface area contributed by atoms with Gasteiger partial charge in [0.25, 0.3) is 0 Å². The normalized spacial score (nSPS) is 22.7. The lowest BCUT2D eigenvalue weighted by atomic mass is 9.97. The number of nitrogens with zero attached hydrogens (tertiary/aromatic N) is 2. The van der Waals surface area contributed by atoms with Gasteiger partial charge in [0, 0.05) is 38.8 Å². The van der Waals surface area contributed by atoms with Crippen LogP contribution in [0.4, 0.5) is 0 Å². The molecule has 2 heterocycles. The predicted molar refractivity (Wildman–Crippen MR) is 98.0 cm³/mol. The van der Waals surface area contributed by atoms with E-state index in [9.17, 15) is 0 Å². The SMILES string of the molecule is Cc1ccc(C(CN2CCNCC2)N2CCCCCC2)c(C)c1. The maximum atomic E-state index is 3.48. The Morgan fingerprint density at radius 2 is 1.65 bits per heavy atom. The van der Waals surface area contributed by atoms with Gasteiger partial charge in [-0.1, -0.05) is 36.6 Å². The third kappa shape index (κ3) is 4.56. The van der Waals surface area contributed by atoms with Crippen LogP contribution in [0.3, 0.4) is 0 Å². The molecule has 2 aliphatic heterocycles. The van der Waals surface area contributed by atoms with E-state index in [1.807, 2.05) is 0 Å². The van der Waals surface area contributed by atoms with Gasteiger partial charge in [-0.3, -0.25) is 9.80 Å². The Kier molecular flexibility index (Phi) is 6.09. The van der Waals surface area contributed by atoms with Gasteiger partial charge in [0.2, 0.25) is 0 Å². The highest BCUT2D eigenvalue weighted by Crippen LogP contribution is 2.28. The molecule has 23 heavy (non-hydrogen) atoms. The zero-order valence-electron chi connectivity index (χ0n) is 15.0. The molecule has 2 aliphatic rings. The molecule has 1 aromatic carbocycles. The van der Waals surface area contributed by atoms with Crippen LogP contribution in [0.2, 0.25) is 0 Å². The predicted octanol–water partition coefficient (Wildman–Crippen LogP) is 3.13. The van der Waals surface area contributed by atoms with Crippen LogP contribution in [0.15, 0.2) is 18.2 Å². The number of rotatable bonds is 4. The molecule has 0 aliphatic carbocycles. The molecule has 3 rings (SSSR count). The van der Waals surface area contributed by atoms with Crippen LogP contribution in [0, 0.1) is 13.8 Å². The van der Waals surface area contributed by atoms with Gasteiger partial charge in [-0.25, -0.2) is 0 Å². The van der Waals surface area contributed by atoms with E-state index in [-0.39, 0.29) is 0 Å². The summed E-state index contributed by atoms with van der Waals surface area (Å²) in [6.45, 7) is 12.9. The zero-order valence-corrected chi connectivity index (χ0v) is 15.0. The Hall–Kier alpha value is -0.900. The molecule has 3 nitrogen and oxygen atoms in total. The Balaban J connectivity index is 1.81. The van der Waals surface area contributed by atoms with Gasteiger partial charge >= 0.3 is 0 Å². The summed E-state index contributed by atoms with van der Waals surface area (Å²) in [4.78, 5) is 5.43. The number of hydrogen-bond donors (Lipinski definition) is 1. The molecule has 0 aromatic heterocycles. The molecule has 2 fully saturated rings. The molecule has 0 radical (unpaired) electrons. The van der Waals surface area contributed by atoms with Crippen LogP contribution in [0.5, 0.6) is 0 Å². The van der Waals surface area contributed by atoms with Gasteiger partial charge < -0.3 is 5.32 Å². The van der Waals surface area contributed by atoms with Gasteiger partial charge in [-0.15, -0.1) is 0 Å². The van der Waals surface area contributed by atoms with E-state index in [0.29, 0.717) is 6.04 Å². The molecule has 0 amide bonds. The topological polar surface area (TPSA) is 18.5 Å². The molecular weight excluding hydrogens is 282 g/mol. The number of hydrogen-bond acceptors (Lipinski definition) is 3. The molecule has 1 atom stereocenters. The van der Waals surface area contributed by atoms with Crippen LogP contribution in [-0.4, -0.2) is 55.6 Å². The van der Waals surface area contributed by atoms with Crippen molar-refractivity contribution >= 4 is 0 Å². The van der Waals surface area contributed by atoms with Crippen molar-refractivity contribution in [2.24, 2.45) is 0 Å². The lowest BCUT2D eigenvalue weighted by molar-refractivity contribution is 0.132. The Bertz CT molecular complexity index is 486. The van der Waals surface area contributed by atoms with Crippen molar-refractivity contribution in [1.82, 2.24) is 15.1 Å². The van der Waals surface area contributed by atoms with Gasteiger partial charge in [0.1, 0.15) is 0 Å². The monoisotopic (exact) mass is 315 g/mol. The fourth-order valence-electron chi connectivity index (χ4n) is 4.16. The standard InChI is InChI=1S/C20H33N3/c1-17-7-8-19(18(2)15-17)20(16-22-13-9-21-10-14-22)23-11-5-3-4-6-12-23/h7-8,15,20-21H,3-6,9-14,16H2,1-2H3. The summed E-state index contributed by atoms with van der Waals surface area (Å²) < 4.78 is 0. The van der Waals surface area contributed by atoms with Gasteiger partial charge in [0.05, 0.1) is 0 Å². The maximum absolute atomic E-state index is 3.48. The molecule has 1 N–H and O–H groups in total. The van der Waals surface area contributed by atoms with Crippen LogP contribution in [-0.2, 0) is 0 Å². The number of likely N-dealkylation sites (tertiary alicyclic amines) is 1. The van der Waals surface area contributed by atoms with Crippen molar-refractivity contribution < 1.29 is 0 Å². The second kappa shape index (κ2) is 8.27. The molecule has 1 unspecified atom stereocenters. The van der Waals surface area contributed by atoms with E-state index in [4.69, 9.17) is 0 Å². The summed E-state index contributed by atoms with van der Waals surface area (Å²) in [7, 11) is 0. The average molecular weight is 316 g/mol. The lowest BCUT2D eigenvalue weighted by Crippen LogP contribution is -2.47. The number of aryl methyl sites for hydroxylation is 2. The first-order valence-electron chi connectivity index (χ1n) is 9.48. The van der Waals surface area contributed by atoms with Crippen molar-refractivity contribution in [3.63, 3.8) is 0 Å². The number of benzene rings is 1. The van der Waals surface area contributed by atoms with Crippen molar-refractivity contribution in [2.75, 3.05) is 45.8 Å². The Morgan fingerprint density at radius 1 is 0.957 bits per heavy atom.